The van der Waals surface area contributed by atoms with Crippen LogP contribution in [0.2, 0.25) is 5.02 Å². The molecule has 0 atom stereocenters. The Balaban J connectivity index is 2.23. The van der Waals surface area contributed by atoms with Gasteiger partial charge in [0.05, 0.1) is 18.6 Å². The molecule has 0 radical (unpaired) electrons. The van der Waals surface area contributed by atoms with Crippen molar-refractivity contribution in [2.45, 2.75) is 32.8 Å². The van der Waals surface area contributed by atoms with E-state index in [0.29, 0.717) is 10.8 Å². The molecule has 4 nitrogen and oxygen atoms in total. The fourth-order valence-corrected chi connectivity index (χ4v) is 1.26. The Bertz CT molecular complexity index is 401. The van der Waals surface area contributed by atoms with Crippen molar-refractivity contribution in [1.29, 1.82) is 0 Å². The van der Waals surface area contributed by atoms with Gasteiger partial charge < -0.3 is 4.74 Å². The van der Waals surface area contributed by atoms with E-state index < -0.39 is 5.60 Å². The van der Waals surface area contributed by atoms with Crippen molar-refractivity contribution in [2.24, 2.45) is 0 Å². The van der Waals surface area contributed by atoms with Crippen LogP contribution in [0.25, 0.3) is 0 Å². The lowest BCUT2D eigenvalue weighted by atomic mass is 10.2. The monoisotopic (exact) mass is 271 g/mol. The van der Waals surface area contributed by atoms with Crippen LogP contribution in [-0.2, 0) is 9.63 Å². The highest BCUT2D eigenvalue weighted by Gasteiger charge is 2.12. The van der Waals surface area contributed by atoms with E-state index in [0.717, 1.165) is 0 Å². The van der Waals surface area contributed by atoms with Gasteiger partial charge in [-0.15, -0.1) is 0 Å². The van der Waals surface area contributed by atoms with Gasteiger partial charge in [-0.25, -0.2) is 5.48 Å². The van der Waals surface area contributed by atoms with Gasteiger partial charge in [-0.1, -0.05) is 17.7 Å². The number of hydroxylamine groups is 1. The number of rotatable bonds is 5. The number of halogens is 1. The highest BCUT2D eigenvalue weighted by Crippen LogP contribution is 2.17. The summed E-state index contributed by atoms with van der Waals surface area (Å²) in [7, 11) is 0. The fourth-order valence-electron chi connectivity index (χ4n) is 1.08. The molecule has 18 heavy (non-hydrogen) atoms. The van der Waals surface area contributed by atoms with Crippen LogP contribution in [-0.4, -0.2) is 18.1 Å². The predicted molar refractivity (Wildman–Crippen MR) is 70.5 cm³/mol. The van der Waals surface area contributed by atoms with E-state index in [2.05, 4.69) is 5.48 Å². The van der Waals surface area contributed by atoms with Crippen LogP contribution in [0.4, 0.5) is 0 Å². The van der Waals surface area contributed by atoms with Crippen molar-refractivity contribution in [3.8, 4) is 5.75 Å². The number of amides is 1. The lowest BCUT2D eigenvalue weighted by Crippen LogP contribution is -2.34. The Kier molecular flexibility index (Phi) is 5.44. The van der Waals surface area contributed by atoms with Crippen LogP contribution in [0.15, 0.2) is 24.3 Å². The Morgan fingerprint density at radius 2 is 2.11 bits per heavy atom. The molecule has 1 amide bonds. The lowest BCUT2D eigenvalue weighted by Gasteiger charge is -2.18. The van der Waals surface area contributed by atoms with Crippen LogP contribution in [0.3, 0.4) is 0 Å². The van der Waals surface area contributed by atoms with Crippen LogP contribution >= 0.6 is 11.6 Å². The molecule has 0 aliphatic rings. The van der Waals surface area contributed by atoms with Gasteiger partial charge in [0.1, 0.15) is 5.75 Å². The first kappa shape index (κ1) is 14.8. The Hall–Kier alpha value is -1.26. The minimum absolute atomic E-state index is 0.216. The van der Waals surface area contributed by atoms with Gasteiger partial charge in [0.25, 0.3) is 0 Å². The van der Waals surface area contributed by atoms with E-state index in [4.69, 9.17) is 21.2 Å². The highest BCUT2D eigenvalue weighted by molar-refractivity contribution is 6.30. The van der Waals surface area contributed by atoms with E-state index in [9.17, 15) is 4.79 Å². The fraction of sp³-hybridized carbons (Fsp3) is 0.462. The average Bonchev–Trinajstić information content (AvgIpc) is 2.25. The van der Waals surface area contributed by atoms with Gasteiger partial charge >= 0.3 is 0 Å². The van der Waals surface area contributed by atoms with Gasteiger partial charge in [-0.2, -0.15) is 0 Å². The van der Waals surface area contributed by atoms with Gasteiger partial charge in [0.15, 0.2) is 0 Å². The number of ether oxygens (including phenoxy) is 1. The quantitative estimate of drug-likeness (QED) is 0.838. The normalized spacial score (nSPS) is 11.1. The largest absolute Gasteiger partial charge is 0.493 e. The first-order valence-electron chi connectivity index (χ1n) is 5.72. The second-order valence-electron chi connectivity index (χ2n) is 4.80. The molecular formula is C13H18ClNO3. The molecule has 100 valence electrons. The zero-order chi connectivity index (χ0) is 13.6. The zero-order valence-corrected chi connectivity index (χ0v) is 11.6. The third kappa shape index (κ3) is 6.47. The number of carbonyl (C=O) groups is 1. The standard InChI is InChI=1S/C13H18ClNO3/c1-13(2,3)18-15-12(16)7-8-17-11-6-4-5-10(14)9-11/h4-6,9H,7-8H2,1-3H3,(H,15,16). The molecule has 1 N–H and O–H groups in total. The van der Waals surface area contributed by atoms with Gasteiger partial charge in [-0.05, 0) is 39.0 Å². The number of benzene rings is 1. The molecular weight excluding hydrogens is 254 g/mol. The maximum Gasteiger partial charge on any atom is 0.246 e. The number of nitrogens with one attached hydrogen (secondary N) is 1. The molecule has 5 heteroatoms. The molecule has 1 aromatic rings. The van der Waals surface area contributed by atoms with Crippen molar-refractivity contribution in [3.63, 3.8) is 0 Å². The van der Waals surface area contributed by atoms with Crippen molar-refractivity contribution >= 4 is 17.5 Å². The van der Waals surface area contributed by atoms with Crippen molar-refractivity contribution in [3.05, 3.63) is 29.3 Å². The maximum absolute atomic E-state index is 11.4. The number of hydrogen-bond acceptors (Lipinski definition) is 3. The minimum Gasteiger partial charge on any atom is -0.493 e. The Morgan fingerprint density at radius 1 is 1.39 bits per heavy atom. The smallest absolute Gasteiger partial charge is 0.246 e. The third-order valence-electron chi connectivity index (χ3n) is 1.86. The second-order valence-corrected chi connectivity index (χ2v) is 5.23. The van der Waals surface area contributed by atoms with Crippen LogP contribution in [0, 0.1) is 0 Å². The molecule has 1 rings (SSSR count). The van der Waals surface area contributed by atoms with E-state index in [-0.39, 0.29) is 18.9 Å². The molecule has 0 bridgehead atoms. The molecule has 0 aliphatic heterocycles. The predicted octanol–water partition coefficient (Wildman–Crippen LogP) is 2.96. The number of carbonyl (C=O) groups excluding carboxylic acids is 1. The van der Waals surface area contributed by atoms with Gasteiger partial charge in [0.2, 0.25) is 5.91 Å². The minimum atomic E-state index is -0.399. The molecule has 0 aromatic heterocycles. The SMILES string of the molecule is CC(C)(C)ONC(=O)CCOc1cccc(Cl)c1. The van der Waals surface area contributed by atoms with Gasteiger partial charge in [-0.3, -0.25) is 9.63 Å². The van der Waals surface area contributed by atoms with E-state index >= 15 is 0 Å². The summed E-state index contributed by atoms with van der Waals surface area (Å²) in [6, 6.07) is 7.04. The maximum atomic E-state index is 11.4. The van der Waals surface area contributed by atoms with Crippen LogP contribution < -0.4 is 10.2 Å². The Labute approximate surface area is 112 Å². The molecule has 0 saturated carbocycles. The average molecular weight is 272 g/mol. The molecule has 0 saturated heterocycles. The summed E-state index contributed by atoms with van der Waals surface area (Å²) < 4.78 is 5.39. The summed E-state index contributed by atoms with van der Waals surface area (Å²) in [5.74, 6) is 0.430. The van der Waals surface area contributed by atoms with E-state index in [1.54, 1.807) is 24.3 Å². The molecule has 0 fully saturated rings. The first-order chi connectivity index (χ1) is 8.37. The molecule has 0 aliphatic carbocycles. The second kappa shape index (κ2) is 6.61. The van der Waals surface area contributed by atoms with Crippen LogP contribution in [0.5, 0.6) is 5.75 Å². The lowest BCUT2D eigenvalue weighted by molar-refractivity contribution is -0.146. The Morgan fingerprint density at radius 3 is 2.72 bits per heavy atom. The highest BCUT2D eigenvalue weighted by atomic mass is 35.5. The molecule has 0 unspecified atom stereocenters. The summed E-state index contributed by atoms with van der Waals surface area (Å²) in [5.41, 5.74) is 1.98. The molecule has 0 heterocycles. The summed E-state index contributed by atoms with van der Waals surface area (Å²) in [6.45, 7) is 5.85. The topological polar surface area (TPSA) is 47.6 Å². The molecule has 1 aromatic carbocycles. The van der Waals surface area contributed by atoms with Crippen molar-refractivity contribution < 1.29 is 14.4 Å². The summed E-state index contributed by atoms with van der Waals surface area (Å²) in [4.78, 5) is 16.5. The summed E-state index contributed by atoms with van der Waals surface area (Å²) in [5, 5.41) is 0.605. The first-order valence-corrected chi connectivity index (χ1v) is 6.10. The van der Waals surface area contributed by atoms with Crippen LogP contribution in [0.1, 0.15) is 27.2 Å². The summed E-state index contributed by atoms with van der Waals surface area (Å²) in [6.07, 6.45) is 0.225. The summed E-state index contributed by atoms with van der Waals surface area (Å²) >= 11 is 5.81. The van der Waals surface area contributed by atoms with Crippen molar-refractivity contribution in [2.75, 3.05) is 6.61 Å². The van der Waals surface area contributed by atoms with Gasteiger partial charge in [0, 0.05) is 5.02 Å². The molecule has 0 spiro atoms. The van der Waals surface area contributed by atoms with E-state index in [1.807, 2.05) is 20.8 Å². The number of hydrogen-bond donors (Lipinski definition) is 1. The third-order valence-corrected chi connectivity index (χ3v) is 2.10. The van der Waals surface area contributed by atoms with E-state index in [1.165, 1.54) is 0 Å². The zero-order valence-electron chi connectivity index (χ0n) is 10.8. The van der Waals surface area contributed by atoms with Crippen molar-refractivity contribution in [1.82, 2.24) is 5.48 Å².